The second-order valence-corrected chi connectivity index (χ2v) is 7.73. The number of nitrogens with one attached hydrogen (secondary N) is 3. The number of hydrogen-bond donors (Lipinski definition) is 3. The first-order chi connectivity index (χ1) is 14.9. The molecule has 2 heterocycles. The first-order valence-corrected chi connectivity index (χ1v) is 10.7. The number of benzene rings is 1. The van der Waals surface area contributed by atoms with Crippen LogP contribution >= 0.6 is 0 Å². The second-order valence-electron chi connectivity index (χ2n) is 7.73. The van der Waals surface area contributed by atoms with E-state index in [-0.39, 0.29) is 11.9 Å². The van der Waals surface area contributed by atoms with Gasteiger partial charge in [0.1, 0.15) is 5.69 Å². The fourth-order valence-corrected chi connectivity index (χ4v) is 3.90. The van der Waals surface area contributed by atoms with E-state index >= 15 is 0 Å². The van der Waals surface area contributed by atoms with Gasteiger partial charge in [-0.3, -0.25) is 4.79 Å². The quantitative estimate of drug-likeness (QED) is 0.588. The number of carbonyl (C=O) groups is 3. The number of ether oxygens (including phenoxy) is 1. The van der Waals surface area contributed by atoms with Crippen molar-refractivity contribution in [3.05, 3.63) is 52.3 Å². The monoisotopic (exact) mass is 426 g/mol. The summed E-state index contributed by atoms with van der Waals surface area (Å²) < 4.78 is 4.88. The van der Waals surface area contributed by atoms with Gasteiger partial charge < -0.3 is 25.3 Å². The van der Waals surface area contributed by atoms with Gasteiger partial charge in [-0.25, -0.2) is 9.59 Å². The van der Waals surface area contributed by atoms with E-state index in [1.807, 2.05) is 31.2 Å². The van der Waals surface area contributed by atoms with E-state index in [4.69, 9.17) is 4.74 Å². The first kappa shape index (κ1) is 22.4. The Bertz CT molecular complexity index is 960. The number of H-pyrrole nitrogens is 1. The number of rotatable bonds is 7. The molecule has 0 atom stereocenters. The number of aryl methyl sites for hydroxylation is 1. The molecule has 0 radical (unpaired) electrons. The Morgan fingerprint density at radius 3 is 2.61 bits per heavy atom. The lowest BCUT2D eigenvalue weighted by Gasteiger charge is -2.16. The van der Waals surface area contributed by atoms with Crippen molar-refractivity contribution in [2.75, 3.05) is 25.5 Å². The van der Waals surface area contributed by atoms with Crippen LogP contribution in [0.4, 0.5) is 10.5 Å². The smallest absolute Gasteiger partial charge is 0.339 e. The zero-order valence-electron chi connectivity index (χ0n) is 18.3. The largest absolute Gasteiger partial charge is 0.465 e. The van der Waals surface area contributed by atoms with E-state index in [0.717, 1.165) is 37.9 Å². The van der Waals surface area contributed by atoms with Crippen LogP contribution in [0.3, 0.4) is 0 Å². The van der Waals surface area contributed by atoms with Crippen molar-refractivity contribution in [3.8, 4) is 0 Å². The van der Waals surface area contributed by atoms with Gasteiger partial charge in [0, 0.05) is 31.0 Å². The highest BCUT2D eigenvalue weighted by molar-refractivity contribution is 6.00. The van der Waals surface area contributed by atoms with Gasteiger partial charge >= 0.3 is 12.0 Å². The van der Waals surface area contributed by atoms with Crippen LogP contribution in [0.5, 0.6) is 0 Å². The summed E-state index contributed by atoms with van der Waals surface area (Å²) in [6.07, 6.45) is 3.46. The molecule has 1 aliphatic heterocycles. The Balaban J connectivity index is 1.68. The van der Waals surface area contributed by atoms with Gasteiger partial charge in [-0.15, -0.1) is 0 Å². The summed E-state index contributed by atoms with van der Waals surface area (Å²) in [5, 5.41) is 5.82. The molecule has 1 saturated heterocycles. The third-order valence-electron chi connectivity index (χ3n) is 5.43. The number of likely N-dealkylation sites (tertiary alicyclic amines) is 1. The highest BCUT2D eigenvalue weighted by Crippen LogP contribution is 2.22. The summed E-state index contributed by atoms with van der Waals surface area (Å²) in [7, 11) is 1.33. The third-order valence-corrected chi connectivity index (χ3v) is 5.43. The lowest BCUT2D eigenvalue weighted by Crippen LogP contribution is -2.32. The summed E-state index contributed by atoms with van der Waals surface area (Å²) in [6.45, 7) is 5.61. The number of urea groups is 1. The SMILES string of the molecule is CCCc1c(C(=O)NCc2cccc(NC(=O)N3CCCC3)c2)[nH]c(C)c1C(=O)OC. The molecule has 0 unspecified atom stereocenters. The molecule has 0 saturated carbocycles. The zero-order chi connectivity index (χ0) is 22.4. The third kappa shape index (κ3) is 5.25. The molecule has 3 amide bonds. The number of methoxy groups -OCH3 is 1. The molecule has 3 rings (SSSR count). The fraction of sp³-hybridized carbons (Fsp3) is 0.435. The van der Waals surface area contributed by atoms with E-state index in [1.54, 1.807) is 11.8 Å². The molecule has 1 fully saturated rings. The fourth-order valence-electron chi connectivity index (χ4n) is 3.90. The second kappa shape index (κ2) is 10.1. The molecule has 1 aliphatic rings. The molecule has 2 aromatic rings. The first-order valence-electron chi connectivity index (χ1n) is 10.7. The van der Waals surface area contributed by atoms with Gasteiger partial charge in [-0.2, -0.15) is 0 Å². The Kier molecular flexibility index (Phi) is 7.33. The zero-order valence-corrected chi connectivity index (χ0v) is 18.3. The molecule has 166 valence electrons. The number of aromatic amines is 1. The summed E-state index contributed by atoms with van der Waals surface area (Å²) in [5.41, 5.74) is 3.67. The lowest BCUT2D eigenvalue weighted by molar-refractivity contribution is 0.0599. The van der Waals surface area contributed by atoms with Crippen LogP contribution in [0, 0.1) is 6.92 Å². The van der Waals surface area contributed by atoms with Crippen molar-refractivity contribution in [2.45, 2.75) is 46.1 Å². The predicted octanol–water partition coefficient (Wildman–Crippen LogP) is 3.62. The Morgan fingerprint density at radius 1 is 1.19 bits per heavy atom. The van der Waals surface area contributed by atoms with Crippen LogP contribution in [-0.2, 0) is 17.7 Å². The Hall–Kier alpha value is -3.29. The number of hydrogen-bond acceptors (Lipinski definition) is 4. The van der Waals surface area contributed by atoms with Crippen molar-refractivity contribution in [2.24, 2.45) is 0 Å². The van der Waals surface area contributed by atoms with Crippen LogP contribution in [0.1, 0.15) is 63.9 Å². The van der Waals surface area contributed by atoms with E-state index in [1.165, 1.54) is 7.11 Å². The molecule has 8 nitrogen and oxygen atoms in total. The van der Waals surface area contributed by atoms with Crippen molar-refractivity contribution in [1.82, 2.24) is 15.2 Å². The minimum absolute atomic E-state index is 0.0971. The molecule has 0 spiro atoms. The highest BCUT2D eigenvalue weighted by Gasteiger charge is 2.24. The molecule has 3 N–H and O–H groups in total. The van der Waals surface area contributed by atoms with Gasteiger partial charge in [-0.1, -0.05) is 25.5 Å². The number of anilines is 1. The number of aromatic nitrogens is 1. The average Bonchev–Trinajstić information content (AvgIpc) is 3.41. The normalized spacial score (nSPS) is 13.2. The molecular weight excluding hydrogens is 396 g/mol. The topological polar surface area (TPSA) is 104 Å². The summed E-state index contributed by atoms with van der Waals surface area (Å²) in [4.78, 5) is 42.1. The number of nitrogens with zero attached hydrogens (tertiary/aromatic N) is 1. The Labute approximate surface area is 182 Å². The molecule has 0 aliphatic carbocycles. The van der Waals surface area contributed by atoms with Crippen LogP contribution in [-0.4, -0.2) is 48.0 Å². The van der Waals surface area contributed by atoms with Gasteiger partial charge in [0.25, 0.3) is 5.91 Å². The van der Waals surface area contributed by atoms with Gasteiger partial charge in [0.15, 0.2) is 0 Å². The molecule has 0 bridgehead atoms. The number of esters is 1. The average molecular weight is 427 g/mol. The minimum atomic E-state index is -0.447. The van der Waals surface area contributed by atoms with Crippen LogP contribution < -0.4 is 10.6 Å². The van der Waals surface area contributed by atoms with Crippen molar-refractivity contribution < 1.29 is 19.1 Å². The van der Waals surface area contributed by atoms with Gasteiger partial charge in [-0.05, 0) is 49.4 Å². The van der Waals surface area contributed by atoms with Gasteiger partial charge in [0.2, 0.25) is 0 Å². The predicted molar refractivity (Wildman–Crippen MR) is 118 cm³/mol. The van der Waals surface area contributed by atoms with Crippen LogP contribution in [0.15, 0.2) is 24.3 Å². The summed E-state index contributed by atoms with van der Waals surface area (Å²) in [6, 6.07) is 7.31. The maximum absolute atomic E-state index is 12.9. The molecule has 8 heteroatoms. The van der Waals surface area contributed by atoms with E-state index in [0.29, 0.717) is 41.2 Å². The lowest BCUT2D eigenvalue weighted by atomic mass is 10.0. The van der Waals surface area contributed by atoms with Crippen molar-refractivity contribution in [3.63, 3.8) is 0 Å². The maximum atomic E-state index is 12.9. The maximum Gasteiger partial charge on any atom is 0.339 e. The van der Waals surface area contributed by atoms with Crippen LogP contribution in [0.25, 0.3) is 0 Å². The highest BCUT2D eigenvalue weighted by atomic mass is 16.5. The molecule has 1 aromatic heterocycles. The number of amides is 3. The number of carbonyl (C=O) groups excluding carboxylic acids is 3. The van der Waals surface area contributed by atoms with E-state index in [2.05, 4.69) is 15.6 Å². The minimum Gasteiger partial charge on any atom is -0.465 e. The van der Waals surface area contributed by atoms with Crippen molar-refractivity contribution >= 4 is 23.6 Å². The molecule has 31 heavy (non-hydrogen) atoms. The van der Waals surface area contributed by atoms with Crippen molar-refractivity contribution in [1.29, 1.82) is 0 Å². The summed E-state index contributed by atoms with van der Waals surface area (Å²) in [5.74, 6) is -0.731. The molecule has 1 aromatic carbocycles. The van der Waals surface area contributed by atoms with Crippen LogP contribution in [0.2, 0.25) is 0 Å². The van der Waals surface area contributed by atoms with E-state index in [9.17, 15) is 14.4 Å². The van der Waals surface area contributed by atoms with Gasteiger partial charge in [0.05, 0.1) is 12.7 Å². The van der Waals surface area contributed by atoms with E-state index < -0.39 is 5.97 Å². The standard InChI is InChI=1S/C23H30N4O4/c1-4-8-18-19(22(29)31-3)15(2)25-20(18)21(28)24-14-16-9-7-10-17(13-16)26-23(30)27-11-5-6-12-27/h7,9-10,13,25H,4-6,8,11-12,14H2,1-3H3,(H,24,28)(H,26,30). The Morgan fingerprint density at radius 2 is 1.94 bits per heavy atom. The molecular formula is C23H30N4O4. The summed E-state index contributed by atoms with van der Waals surface area (Å²) >= 11 is 0.